The summed E-state index contributed by atoms with van der Waals surface area (Å²) in [5.74, 6) is -0.0736. The number of hydrogen-bond donors (Lipinski definition) is 1. The summed E-state index contributed by atoms with van der Waals surface area (Å²) in [4.78, 5) is 14.6. The van der Waals surface area contributed by atoms with Gasteiger partial charge in [-0.25, -0.2) is 0 Å². The average Bonchev–Trinajstić information content (AvgIpc) is 3.20. The van der Waals surface area contributed by atoms with Gasteiger partial charge in [0.2, 0.25) is 5.91 Å². The van der Waals surface area contributed by atoms with Gasteiger partial charge in [-0.2, -0.15) is 0 Å². The summed E-state index contributed by atoms with van der Waals surface area (Å²) in [6, 6.07) is 10.6. The highest BCUT2D eigenvalue weighted by Gasteiger charge is 2.35. The molecule has 1 saturated heterocycles. The smallest absolute Gasteiger partial charge is 0.242 e. The van der Waals surface area contributed by atoms with Crippen LogP contribution in [0.2, 0.25) is 0 Å². The molecule has 0 spiro atoms. The molecule has 2 atom stereocenters. The van der Waals surface area contributed by atoms with E-state index < -0.39 is 5.38 Å². The Kier molecular flexibility index (Phi) is 3.76. The van der Waals surface area contributed by atoms with Crippen LogP contribution < -0.4 is 5.32 Å². The van der Waals surface area contributed by atoms with E-state index in [2.05, 4.69) is 10.2 Å². The number of halogens is 1. The maximum atomic E-state index is 12.1. The molecule has 3 nitrogen and oxygen atoms in total. The molecule has 4 heteroatoms. The number of carbonyl (C=O) groups is 1. The van der Waals surface area contributed by atoms with Crippen molar-refractivity contribution in [2.75, 3.05) is 13.1 Å². The van der Waals surface area contributed by atoms with E-state index in [9.17, 15) is 4.79 Å². The maximum Gasteiger partial charge on any atom is 0.242 e. The van der Waals surface area contributed by atoms with Gasteiger partial charge in [-0.05, 0) is 24.8 Å². The molecule has 1 aliphatic heterocycles. The summed E-state index contributed by atoms with van der Waals surface area (Å²) in [5, 5.41) is 2.49. The van der Waals surface area contributed by atoms with E-state index in [1.165, 1.54) is 12.8 Å². The van der Waals surface area contributed by atoms with E-state index in [4.69, 9.17) is 11.6 Å². The Balaban J connectivity index is 1.53. The van der Waals surface area contributed by atoms with Crippen molar-refractivity contribution in [2.45, 2.75) is 36.7 Å². The van der Waals surface area contributed by atoms with Crippen molar-refractivity contribution >= 4 is 17.5 Å². The molecule has 1 heterocycles. The van der Waals surface area contributed by atoms with Crippen molar-refractivity contribution in [3.05, 3.63) is 35.9 Å². The lowest BCUT2D eigenvalue weighted by Crippen LogP contribution is -2.39. The van der Waals surface area contributed by atoms with Gasteiger partial charge in [-0.3, -0.25) is 9.69 Å². The van der Waals surface area contributed by atoms with Crippen molar-refractivity contribution < 1.29 is 4.79 Å². The predicted octanol–water partition coefficient (Wildman–Crippen LogP) is 2.32. The minimum absolute atomic E-state index is 0.0736. The second kappa shape index (κ2) is 5.51. The highest BCUT2D eigenvalue weighted by atomic mass is 35.5. The van der Waals surface area contributed by atoms with Gasteiger partial charge in [-0.15, -0.1) is 11.6 Å². The predicted molar refractivity (Wildman–Crippen MR) is 76.2 cm³/mol. The van der Waals surface area contributed by atoms with Crippen molar-refractivity contribution in [3.63, 3.8) is 0 Å². The van der Waals surface area contributed by atoms with Crippen molar-refractivity contribution in [1.29, 1.82) is 0 Å². The zero-order valence-electron chi connectivity index (χ0n) is 10.9. The molecule has 1 saturated carbocycles. The fraction of sp³-hybridized carbons (Fsp3) is 0.533. The summed E-state index contributed by atoms with van der Waals surface area (Å²) >= 11 is 6.22. The Morgan fingerprint density at radius 2 is 2.00 bits per heavy atom. The first-order chi connectivity index (χ1) is 9.24. The quantitative estimate of drug-likeness (QED) is 0.858. The first kappa shape index (κ1) is 12.9. The monoisotopic (exact) mass is 278 g/mol. The molecule has 3 rings (SSSR count). The molecule has 19 heavy (non-hydrogen) atoms. The van der Waals surface area contributed by atoms with Gasteiger partial charge < -0.3 is 5.32 Å². The summed E-state index contributed by atoms with van der Waals surface area (Å²) in [6.45, 7) is 2.09. The number of nitrogens with one attached hydrogen (secondary N) is 1. The van der Waals surface area contributed by atoms with Crippen molar-refractivity contribution in [1.82, 2.24) is 10.2 Å². The summed E-state index contributed by atoms with van der Waals surface area (Å²) in [7, 11) is 0. The van der Waals surface area contributed by atoms with Gasteiger partial charge in [0.05, 0.1) is 0 Å². The molecule has 1 aromatic carbocycles. The molecule has 0 bridgehead atoms. The molecule has 1 amide bonds. The lowest BCUT2D eigenvalue weighted by atomic mass is 10.1. The van der Waals surface area contributed by atoms with Crippen LogP contribution in [0.25, 0.3) is 0 Å². The minimum atomic E-state index is -0.587. The van der Waals surface area contributed by atoms with Crippen LogP contribution >= 0.6 is 11.6 Å². The molecule has 1 N–H and O–H groups in total. The third-order valence-corrected chi connectivity index (χ3v) is 4.40. The van der Waals surface area contributed by atoms with E-state index in [1.807, 2.05) is 30.3 Å². The lowest BCUT2D eigenvalue weighted by Gasteiger charge is -2.17. The molecule has 1 aliphatic carbocycles. The van der Waals surface area contributed by atoms with Gasteiger partial charge in [0.25, 0.3) is 0 Å². The van der Waals surface area contributed by atoms with Crippen LogP contribution in [0.4, 0.5) is 0 Å². The fourth-order valence-electron chi connectivity index (χ4n) is 2.72. The number of carbonyl (C=O) groups excluding carboxylic acids is 1. The molecule has 2 unspecified atom stereocenters. The van der Waals surface area contributed by atoms with Crippen LogP contribution in [0.1, 0.15) is 30.2 Å². The number of likely N-dealkylation sites (tertiary alicyclic amines) is 1. The van der Waals surface area contributed by atoms with Gasteiger partial charge >= 0.3 is 0 Å². The SMILES string of the molecule is O=C(NC1CCN(C2CC2)C1)C(Cl)c1ccccc1. The van der Waals surface area contributed by atoms with Gasteiger partial charge in [0.15, 0.2) is 0 Å². The third kappa shape index (κ3) is 3.10. The topological polar surface area (TPSA) is 32.3 Å². The fourth-order valence-corrected chi connectivity index (χ4v) is 2.93. The van der Waals surface area contributed by atoms with Gasteiger partial charge in [-0.1, -0.05) is 30.3 Å². The lowest BCUT2D eigenvalue weighted by molar-refractivity contribution is -0.121. The van der Waals surface area contributed by atoms with Crippen LogP contribution in [0.15, 0.2) is 30.3 Å². The Morgan fingerprint density at radius 3 is 2.68 bits per heavy atom. The molecule has 2 fully saturated rings. The molecular formula is C15H19ClN2O. The standard InChI is InChI=1S/C15H19ClN2O/c16-14(11-4-2-1-3-5-11)15(19)17-12-8-9-18(10-12)13-6-7-13/h1-5,12-14H,6-10H2,(H,17,19). The summed E-state index contributed by atoms with van der Waals surface area (Å²) in [5.41, 5.74) is 0.860. The Bertz CT molecular complexity index is 447. The number of nitrogens with zero attached hydrogens (tertiary/aromatic N) is 1. The zero-order valence-corrected chi connectivity index (χ0v) is 11.6. The maximum absolute atomic E-state index is 12.1. The van der Waals surface area contributed by atoms with E-state index >= 15 is 0 Å². The zero-order chi connectivity index (χ0) is 13.2. The number of alkyl halides is 1. The van der Waals surface area contributed by atoms with Crippen LogP contribution in [-0.4, -0.2) is 36.0 Å². The third-order valence-electron chi connectivity index (χ3n) is 3.95. The van der Waals surface area contributed by atoms with Crippen molar-refractivity contribution in [2.24, 2.45) is 0 Å². The molecule has 0 radical (unpaired) electrons. The summed E-state index contributed by atoms with van der Waals surface area (Å²) in [6.07, 6.45) is 3.69. The number of benzene rings is 1. The second-order valence-electron chi connectivity index (χ2n) is 5.49. The first-order valence-electron chi connectivity index (χ1n) is 6.97. The number of amides is 1. The van der Waals surface area contributed by atoms with E-state index in [1.54, 1.807) is 0 Å². The minimum Gasteiger partial charge on any atom is -0.350 e. The molecule has 1 aromatic rings. The van der Waals surface area contributed by atoms with Crippen molar-refractivity contribution in [3.8, 4) is 0 Å². The molecule has 0 aromatic heterocycles. The second-order valence-corrected chi connectivity index (χ2v) is 5.93. The Morgan fingerprint density at radius 1 is 1.26 bits per heavy atom. The van der Waals surface area contributed by atoms with E-state index in [-0.39, 0.29) is 11.9 Å². The van der Waals surface area contributed by atoms with Crippen LogP contribution in [-0.2, 0) is 4.79 Å². The highest BCUT2D eigenvalue weighted by Crippen LogP contribution is 2.30. The average molecular weight is 279 g/mol. The molecule has 102 valence electrons. The summed E-state index contributed by atoms with van der Waals surface area (Å²) < 4.78 is 0. The first-order valence-corrected chi connectivity index (χ1v) is 7.41. The number of rotatable bonds is 4. The van der Waals surface area contributed by atoms with Crippen LogP contribution in [0, 0.1) is 0 Å². The van der Waals surface area contributed by atoms with E-state index in [0.717, 1.165) is 31.1 Å². The largest absolute Gasteiger partial charge is 0.350 e. The van der Waals surface area contributed by atoms with Crippen LogP contribution in [0.5, 0.6) is 0 Å². The number of hydrogen-bond acceptors (Lipinski definition) is 2. The molecular weight excluding hydrogens is 260 g/mol. The normalized spacial score (nSPS) is 25.2. The highest BCUT2D eigenvalue weighted by molar-refractivity contribution is 6.30. The van der Waals surface area contributed by atoms with Crippen LogP contribution in [0.3, 0.4) is 0 Å². The van der Waals surface area contributed by atoms with E-state index in [0.29, 0.717) is 0 Å². The Hall–Kier alpha value is -1.06. The Labute approximate surface area is 118 Å². The van der Waals surface area contributed by atoms with Gasteiger partial charge in [0, 0.05) is 25.2 Å². The van der Waals surface area contributed by atoms with Gasteiger partial charge in [0.1, 0.15) is 5.38 Å². The molecule has 2 aliphatic rings.